The normalized spacial score (nSPS) is 11.1. The molecule has 9 heteroatoms. The molecule has 0 aliphatic heterocycles. The summed E-state index contributed by atoms with van der Waals surface area (Å²) in [6.45, 7) is 3.54. The van der Waals surface area contributed by atoms with Gasteiger partial charge in [-0.3, -0.25) is 9.10 Å². The van der Waals surface area contributed by atoms with Crippen LogP contribution < -0.4 is 14.4 Å². The zero-order valence-corrected chi connectivity index (χ0v) is 19.1. The Labute approximate surface area is 191 Å². The molecule has 0 bridgehead atoms. The van der Waals surface area contributed by atoms with Gasteiger partial charge in [0.2, 0.25) is 5.91 Å². The second kappa shape index (κ2) is 10.0. The van der Waals surface area contributed by atoms with E-state index in [0.717, 1.165) is 28.6 Å². The van der Waals surface area contributed by atoms with Crippen LogP contribution in [0.1, 0.15) is 12.5 Å². The Balaban J connectivity index is 1.95. The molecular formula is C23H22ClFN2O4S. The summed E-state index contributed by atoms with van der Waals surface area (Å²) in [4.78, 5) is 12.7. The van der Waals surface area contributed by atoms with Crippen LogP contribution in [0.5, 0.6) is 5.75 Å². The van der Waals surface area contributed by atoms with E-state index < -0.39 is 28.3 Å². The Bertz CT molecular complexity index is 1200. The lowest BCUT2D eigenvalue weighted by Gasteiger charge is -2.24. The minimum absolute atomic E-state index is 0.139. The summed E-state index contributed by atoms with van der Waals surface area (Å²) in [6, 6.07) is 15.8. The van der Waals surface area contributed by atoms with Gasteiger partial charge in [-0.2, -0.15) is 0 Å². The van der Waals surface area contributed by atoms with E-state index in [4.69, 9.17) is 16.3 Å². The lowest BCUT2D eigenvalue weighted by molar-refractivity contribution is -0.114. The number of nitrogens with zero attached hydrogens (tertiary/aromatic N) is 1. The maximum Gasteiger partial charge on any atom is 0.264 e. The van der Waals surface area contributed by atoms with E-state index in [1.807, 2.05) is 6.92 Å². The number of benzene rings is 3. The van der Waals surface area contributed by atoms with Gasteiger partial charge >= 0.3 is 0 Å². The zero-order valence-electron chi connectivity index (χ0n) is 17.5. The molecule has 0 aliphatic rings. The quantitative estimate of drug-likeness (QED) is 0.495. The first kappa shape index (κ1) is 23.6. The molecule has 0 spiro atoms. The molecule has 1 N–H and O–H groups in total. The Kier molecular flexibility index (Phi) is 7.37. The van der Waals surface area contributed by atoms with Crippen LogP contribution in [0.15, 0.2) is 71.6 Å². The minimum Gasteiger partial charge on any atom is -0.494 e. The number of ether oxygens (including phenoxy) is 1. The van der Waals surface area contributed by atoms with Crippen LogP contribution in [0.2, 0.25) is 5.02 Å². The molecule has 1 amide bonds. The topological polar surface area (TPSA) is 75.7 Å². The van der Waals surface area contributed by atoms with Crippen molar-refractivity contribution in [3.05, 3.63) is 83.1 Å². The Morgan fingerprint density at radius 1 is 1.06 bits per heavy atom. The van der Waals surface area contributed by atoms with Crippen LogP contribution in [0.25, 0.3) is 0 Å². The van der Waals surface area contributed by atoms with Crippen molar-refractivity contribution in [2.24, 2.45) is 0 Å². The number of carbonyl (C=O) groups excluding carboxylic acids is 1. The molecule has 0 radical (unpaired) electrons. The minimum atomic E-state index is -4.16. The van der Waals surface area contributed by atoms with Crippen molar-refractivity contribution in [2.45, 2.75) is 18.7 Å². The zero-order chi connectivity index (χ0) is 23.3. The van der Waals surface area contributed by atoms with Crippen LogP contribution >= 0.6 is 11.6 Å². The number of anilines is 2. The summed E-state index contributed by atoms with van der Waals surface area (Å²) in [7, 11) is -4.16. The molecule has 3 aromatic rings. The molecule has 32 heavy (non-hydrogen) atoms. The molecule has 0 fully saturated rings. The highest BCUT2D eigenvalue weighted by Crippen LogP contribution is 2.27. The molecule has 3 aromatic carbocycles. The third-order valence-electron chi connectivity index (χ3n) is 4.67. The van der Waals surface area contributed by atoms with Crippen molar-refractivity contribution < 1.29 is 22.3 Å². The molecule has 0 saturated carbocycles. The van der Waals surface area contributed by atoms with Crippen LogP contribution in [0.3, 0.4) is 0 Å². The SMILES string of the molecule is CCOc1ccc(N(CC(=O)Nc2cccc(Cl)c2C)S(=O)(=O)c2ccc(F)cc2)cc1. The van der Waals surface area contributed by atoms with Gasteiger partial charge in [0.05, 0.1) is 17.2 Å². The first-order valence-electron chi connectivity index (χ1n) is 9.78. The number of hydrogen-bond donors (Lipinski definition) is 1. The largest absolute Gasteiger partial charge is 0.494 e. The van der Waals surface area contributed by atoms with Gasteiger partial charge in [-0.25, -0.2) is 12.8 Å². The number of amides is 1. The lowest BCUT2D eigenvalue weighted by atomic mass is 10.2. The fourth-order valence-corrected chi connectivity index (χ4v) is 4.58. The van der Waals surface area contributed by atoms with Gasteiger partial charge in [0.25, 0.3) is 10.0 Å². The van der Waals surface area contributed by atoms with Gasteiger partial charge in [0.1, 0.15) is 18.1 Å². The van der Waals surface area contributed by atoms with Gasteiger partial charge in [-0.15, -0.1) is 0 Å². The summed E-state index contributed by atoms with van der Waals surface area (Å²) >= 11 is 6.10. The van der Waals surface area contributed by atoms with E-state index in [1.165, 1.54) is 0 Å². The van der Waals surface area contributed by atoms with Gasteiger partial charge < -0.3 is 10.1 Å². The average molecular weight is 477 g/mol. The predicted octanol–water partition coefficient (Wildman–Crippen LogP) is 5.02. The average Bonchev–Trinajstić information content (AvgIpc) is 2.76. The monoisotopic (exact) mass is 476 g/mol. The summed E-state index contributed by atoms with van der Waals surface area (Å²) in [5.74, 6) is -0.560. The molecule has 0 unspecified atom stereocenters. The lowest BCUT2D eigenvalue weighted by Crippen LogP contribution is -2.38. The maximum absolute atomic E-state index is 13.3. The molecular weight excluding hydrogens is 455 g/mol. The van der Waals surface area contributed by atoms with Gasteiger partial charge in [-0.1, -0.05) is 17.7 Å². The number of rotatable bonds is 8. The van der Waals surface area contributed by atoms with E-state index >= 15 is 0 Å². The summed E-state index contributed by atoms with van der Waals surface area (Å²) < 4.78 is 46.4. The predicted molar refractivity (Wildman–Crippen MR) is 123 cm³/mol. The van der Waals surface area contributed by atoms with Crippen LogP contribution in [0.4, 0.5) is 15.8 Å². The standard InChI is InChI=1S/C23H22ClFN2O4S/c1-3-31-19-11-9-18(10-12-19)27(32(29,30)20-13-7-17(25)8-14-20)15-23(28)26-22-6-4-5-21(24)16(22)2/h4-14H,3,15H2,1-2H3,(H,26,28). The summed E-state index contributed by atoms with van der Waals surface area (Å²) in [5, 5.41) is 3.18. The summed E-state index contributed by atoms with van der Waals surface area (Å²) in [5.41, 5.74) is 1.40. The van der Waals surface area contributed by atoms with E-state index in [1.54, 1.807) is 49.4 Å². The highest BCUT2D eigenvalue weighted by Gasteiger charge is 2.27. The Hall–Kier alpha value is -3.10. The van der Waals surface area contributed by atoms with Crippen molar-refractivity contribution >= 4 is 38.9 Å². The Morgan fingerprint density at radius 2 is 1.72 bits per heavy atom. The fraction of sp³-hybridized carbons (Fsp3) is 0.174. The van der Waals surface area contributed by atoms with Crippen molar-refractivity contribution in [1.29, 1.82) is 0 Å². The van der Waals surface area contributed by atoms with Gasteiger partial charge in [0.15, 0.2) is 0 Å². The molecule has 6 nitrogen and oxygen atoms in total. The molecule has 0 aliphatic carbocycles. The van der Waals surface area contributed by atoms with Crippen molar-refractivity contribution in [2.75, 3.05) is 22.8 Å². The first-order chi connectivity index (χ1) is 15.2. The van der Waals surface area contributed by atoms with Crippen molar-refractivity contribution in [3.8, 4) is 5.75 Å². The Morgan fingerprint density at radius 3 is 2.34 bits per heavy atom. The molecule has 0 atom stereocenters. The highest BCUT2D eigenvalue weighted by molar-refractivity contribution is 7.92. The van der Waals surface area contributed by atoms with Gasteiger partial charge in [-0.05, 0) is 80.1 Å². The number of halogens is 2. The van der Waals surface area contributed by atoms with Crippen LogP contribution in [-0.4, -0.2) is 27.5 Å². The fourth-order valence-electron chi connectivity index (χ4n) is 2.99. The smallest absolute Gasteiger partial charge is 0.264 e. The van der Waals surface area contributed by atoms with Crippen LogP contribution in [0, 0.1) is 12.7 Å². The molecule has 0 aromatic heterocycles. The number of nitrogens with one attached hydrogen (secondary N) is 1. The van der Waals surface area contributed by atoms with Gasteiger partial charge in [0, 0.05) is 10.7 Å². The maximum atomic E-state index is 13.3. The van der Waals surface area contributed by atoms with Crippen LogP contribution in [-0.2, 0) is 14.8 Å². The van der Waals surface area contributed by atoms with Crippen molar-refractivity contribution in [1.82, 2.24) is 0 Å². The summed E-state index contributed by atoms with van der Waals surface area (Å²) in [6.07, 6.45) is 0. The third kappa shape index (κ3) is 5.38. The second-order valence-corrected chi connectivity index (χ2v) is 9.12. The molecule has 168 valence electrons. The van der Waals surface area contributed by atoms with E-state index in [0.29, 0.717) is 28.6 Å². The molecule has 3 rings (SSSR count). The number of sulfonamides is 1. The second-order valence-electron chi connectivity index (χ2n) is 6.85. The van der Waals surface area contributed by atoms with Crippen molar-refractivity contribution in [3.63, 3.8) is 0 Å². The number of carbonyl (C=O) groups is 1. The number of hydrogen-bond acceptors (Lipinski definition) is 4. The van der Waals surface area contributed by atoms with E-state index in [9.17, 15) is 17.6 Å². The molecule has 0 heterocycles. The van der Waals surface area contributed by atoms with E-state index in [-0.39, 0.29) is 10.6 Å². The third-order valence-corrected chi connectivity index (χ3v) is 6.86. The first-order valence-corrected chi connectivity index (χ1v) is 11.6. The van der Waals surface area contributed by atoms with E-state index in [2.05, 4.69) is 5.32 Å². The highest BCUT2D eigenvalue weighted by atomic mass is 35.5. The molecule has 0 saturated heterocycles.